The second-order valence-electron chi connectivity index (χ2n) is 6.50. The molecule has 0 spiro atoms. The summed E-state index contributed by atoms with van der Waals surface area (Å²) in [4.78, 5) is 10.6. The van der Waals surface area contributed by atoms with E-state index in [0.717, 1.165) is 27.8 Å². The number of aliphatic carboxylic acids is 1. The summed E-state index contributed by atoms with van der Waals surface area (Å²) in [5.74, 6) is -0.451. The Hall–Kier alpha value is -3.14. The molecule has 3 nitrogen and oxygen atoms in total. The second kappa shape index (κ2) is 8.49. The Morgan fingerprint density at radius 2 is 1.81 bits per heavy atom. The van der Waals surface area contributed by atoms with Crippen molar-refractivity contribution in [2.24, 2.45) is 0 Å². The number of rotatable bonds is 7. The van der Waals surface area contributed by atoms with E-state index in [1.807, 2.05) is 49.4 Å². The van der Waals surface area contributed by atoms with Gasteiger partial charge in [0.2, 0.25) is 0 Å². The number of halogens is 1. The molecule has 3 aromatic carbocycles. The molecule has 0 radical (unpaired) electrons. The molecule has 0 aliphatic heterocycles. The standard InChI is InChI=1S/C23H21FO3/c1-16-3-2-4-18(13-16)22-11-8-20(24)14-19(22)15-27-21-9-5-17(6-10-21)7-12-23(25)26/h2-6,8-11,13-14H,7,12,15H2,1H3,(H,25,26). The van der Waals surface area contributed by atoms with Crippen LogP contribution < -0.4 is 4.74 Å². The van der Waals surface area contributed by atoms with Crippen LogP contribution in [0, 0.1) is 12.7 Å². The molecular formula is C23H21FO3. The zero-order valence-corrected chi connectivity index (χ0v) is 15.1. The maximum Gasteiger partial charge on any atom is 0.303 e. The smallest absolute Gasteiger partial charge is 0.303 e. The van der Waals surface area contributed by atoms with Gasteiger partial charge in [-0.25, -0.2) is 4.39 Å². The van der Waals surface area contributed by atoms with Gasteiger partial charge in [0.05, 0.1) is 0 Å². The normalized spacial score (nSPS) is 10.6. The van der Waals surface area contributed by atoms with Crippen molar-refractivity contribution in [2.75, 3.05) is 0 Å². The van der Waals surface area contributed by atoms with Gasteiger partial charge < -0.3 is 9.84 Å². The van der Waals surface area contributed by atoms with E-state index in [1.165, 1.54) is 12.1 Å². The van der Waals surface area contributed by atoms with E-state index < -0.39 is 5.97 Å². The molecule has 0 unspecified atom stereocenters. The molecule has 3 rings (SSSR count). The molecule has 27 heavy (non-hydrogen) atoms. The quantitative estimate of drug-likeness (QED) is 0.611. The lowest BCUT2D eigenvalue weighted by molar-refractivity contribution is -0.136. The van der Waals surface area contributed by atoms with Crippen molar-refractivity contribution in [3.05, 3.63) is 89.2 Å². The minimum atomic E-state index is -0.815. The van der Waals surface area contributed by atoms with Crippen LogP contribution in [0.2, 0.25) is 0 Å². The number of carbonyl (C=O) groups is 1. The lowest BCUT2D eigenvalue weighted by Gasteiger charge is -2.13. The van der Waals surface area contributed by atoms with Crippen molar-refractivity contribution in [2.45, 2.75) is 26.4 Å². The average molecular weight is 364 g/mol. The summed E-state index contributed by atoms with van der Waals surface area (Å²) in [6.45, 7) is 2.27. The summed E-state index contributed by atoms with van der Waals surface area (Å²) in [7, 11) is 0. The Labute approximate surface area is 158 Å². The molecule has 1 N–H and O–H groups in total. The van der Waals surface area contributed by atoms with Crippen molar-refractivity contribution >= 4 is 5.97 Å². The highest BCUT2D eigenvalue weighted by Crippen LogP contribution is 2.27. The summed E-state index contributed by atoms with van der Waals surface area (Å²) in [5, 5.41) is 8.74. The fraction of sp³-hybridized carbons (Fsp3) is 0.174. The van der Waals surface area contributed by atoms with E-state index in [4.69, 9.17) is 9.84 Å². The van der Waals surface area contributed by atoms with Gasteiger partial charge >= 0.3 is 5.97 Å². The number of carboxylic acids is 1. The molecule has 3 aromatic rings. The zero-order chi connectivity index (χ0) is 19.2. The third kappa shape index (κ3) is 5.17. The van der Waals surface area contributed by atoms with Gasteiger partial charge in [0.15, 0.2) is 0 Å². The van der Waals surface area contributed by atoms with Crippen molar-refractivity contribution < 1.29 is 19.0 Å². The van der Waals surface area contributed by atoms with Crippen LogP contribution >= 0.6 is 0 Å². The fourth-order valence-corrected chi connectivity index (χ4v) is 2.94. The predicted molar refractivity (Wildman–Crippen MR) is 103 cm³/mol. The van der Waals surface area contributed by atoms with Crippen LogP contribution in [-0.4, -0.2) is 11.1 Å². The van der Waals surface area contributed by atoms with Gasteiger partial charge in [-0.05, 0) is 59.9 Å². The minimum Gasteiger partial charge on any atom is -0.489 e. The van der Waals surface area contributed by atoms with Gasteiger partial charge in [0, 0.05) is 6.42 Å². The third-order valence-electron chi connectivity index (χ3n) is 4.34. The van der Waals surface area contributed by atoms with Crippen molar-refractivity contribution in [3.8, 4) is 16.9 Å². The highest BCUT2D eigenvalue weighted by Gasteiger charge is 2.08. The first-order valence-corrected chi connectivity index (χ1v) is 8.80. The van der Waals surface area contributed by atoms with Crippen LogP contribution in [0.3, 0.4) is 0 Å². The maximum absolute atomic E-state index is 13.8. The molecule has 0 aliphatic carbocycles. The lowest BCUT2D eigenvalue weighted by Crippen LogP contribution is -2.00. The molecule has 0 saturated heterocycles. The SMILES string of the molecule is Cc1cccc(-c2ccc(F)cc2COc2ccc(CCC(=O)O)cc2)c1. The van der Waals surface area contributed by atoms with E-state index in [0.29, 0.717) is 12.2 Å². The average Bonchev–Trinajstić information content (AvgIpc) is 2.65. The van der Waals surface area contributed by atoms with Crippen molar-refractivity contribution in [1.29, 1.82) is 0 Å². The van der Waals surface area contributed by atoms with E-state index in [-0.39, 0.29) is 18.8 Å². The fourth-order valence-electron chi connectivity index (χ4n) is 2.94. The molecule has 4 heteroatoms. The molecule has 0 aromatic heterocycles. The maximum atomic E-state index is 13.8. The first kappa shape index (κ1) is 18.6. The molecule has 0 fully saturated rings. The first-order chi connectivity index (χ1) is 13.0. The van der Waals surface area contributed by atoms with Gasteiger partial charge in [-0.2, -0.15) is 0 Å². The zero-order valence-electron chi connectivity index (χ0n) is 15.1. The molecular weight excluding hydrogens is 343 g/mol. The lowest BCUT2D eigenvalue weighted by atomic mass is 9.98. The third-order valence-corrected chi connectivity index (χ3v) is 4.34. The van der Waals surface area contributed by atoms with E-state index in [1.54, 1.807) is 6.07 Å². The van der Waals surface area contributed by atoms with Crippen LogP contribution in [0.5, 0.6) is 5.75 Å². The molecule has 0 aliphatic rings. The number of benzene rings is 3. The Balaban J connectivity index is 1.74. The molecule has 0 bridgehead atoms. The molecule has 0 atom stereocenters. The van der Waals surface area contributed by atoms with Crippen LogP contribution in [-0.2, 0) is 17.8 Å². The first-order valence-electron chi connectivity index (χ1n) is 8.80. The van der Waals surface area contributed by atoms with Crippen molar-refractivity contribution in [1.82, 2.24) is 0 Å². The number of hydrogen-bond acceptors (Lipinski definition) is 2. The van der Waals surface area contributed by atoms with Crippen LogP contribution in [0.1, 0.15) is 23.1 Å². The number of aryl methyl sites for hydroxylation is 2. The van der Waals surface area contributed by atoms with Crippen LogP contribution in [0.4, 0.5) is 4.39 Å². The predicted octanol–water partition coefficient (Wildman–Crippen LogP) is 5.40. The number of hydrogen-bond donors (Lipinski definition) is 1. The summed E-state index contributed by atoms with van der Waals surface area (Å²) >= 11 is 0. The van der Waals surface area contributed by atoms with Gasteiger partial charge in [0.25, 0.3) is 0 Å². The Kier molecular flexibility index (Phi) is 5.87. The van der Waals surface area contributed by atoms with Crippen LogP contribution in [0.15, 0.2) is 66.7 Å². The highest BCUT2D eigenvalue weighted by molar-refractivity contribution is 5.68. The molecule has 0 heterocycles. The van der Waals surface area contributed by atoms with E-state index in [2.05, 4.69) is 6.07 Å². The van der Waals surface area contributed by atoms with E-state index >= 15 is 0 Å². The highest BCUT2D eigenvalue weighted by atomic mass is 19.1. The Bertz CT molecular complexity index is 933. The monoisotopic (exact) mass is 364 g/mol. The molecule has 0 saturated carbocycles. The number of carboxylic acid groups (broad SMARTS) is 1. The van der Waals surface area contributed by atoms with Gasteiger partial charge in [0.1, 0.15) is 18.2 Å². The Morgan fingerprint density at radius 3 is 2.52 bits per heavy atom. The van der Waals surface area contributed by atoms with Gasteiger partial charge in [-0.1, -0.05) is 48.0 Å². The summed E-state index contributed by atoms with van der Waals surface area (Å²) in [6, 6.07) is 20.1. The molecule has 0 amide bonds. The van der Waals surface area contributed by atoms with Gasteiger partial charge in [-0.15, -0.1) is 0 Å². The Morgan fingerprint density at radius 1 is 1.04 bits per heavy atom. The summed E-state index contributed by atoms with van der Waals surface area (Å²) in [5.41, 5.74) is 4.82. The summed E-state index contributed by atoms with van der Waals surface area (Å²) in [6.07, 6.45) is 0.584. The van der Waals surface area contributed by atoms with E-state index in [9.17, 15) is 9.18 Å². The number of ether oxygens (including phenoxy) is 1. The second-order valence-corrected chi connectivity index (χ2v) is 6.50. The van der Waals surface area contributed by atoms with Gasteiger partial charge in [-0.3, -0.25) is 4.79 Å². The van der Waals surface area contributed by atoms with Crippen LogP contribution in [0.25, 0.3) is 11.1 Å². The van der Waals surface area contributed by atoms with Crippen molar-refractivity contribution in [3.63, 3.8) is 0 Å². The summed E-state index contributed by atoms with van der Waals surface area (Å²) < 4.78 is 19.6. The topological polar surface area (TPSA) is 46.5 Å². The largest absolute Gasteiger partial charge is 0.489 e. The molecule has 138 valence electrons. The minimum absolute atomic E-state index is 0.101.